The Labute approximate surface area is 163 Å². The Morgan fingerprint density at radius 1 is 1.18 bits per heavy atom. The number of fused-ring (bicyclic) bond motifs is 1. The van der Waals surface area contributed by atoms with E-state index >= 15 is 0 Å². The summed E-state index contributed by atoms with van der Waals surface area (Å²) >= 11 is 0. The zero-order valence-corrected chi connectivity index (χ0v) is 16.2. The van der Waals surface area contributed by atoms with Crippen molar-refractivity contribution in [3.05, 3.63) is 34.5 Å². The maximum Gasteiger partial charge on any atom is 0.273 e. The van der Waals surface area contributed by atoms with Crippen LogP contribution in [0, 0.1) is 6.92 Å². The molecule has 0 unspecified atom stereocenters. The van der Waals surface area contributed by atoms with Gasteiger partial charge in [0.15, 0.2) is 0 Å². The minimum atomic E-state index is -0.0761. The van der Waals surface area contributed by atoms with Gasteiger partial charge in [0, 0.05) is 51.3 Å². The van der Waals surface area contributed by atoms with E-state index in [2.05, 4.69) is 20.4 Å². The van der Waals surface area contributed by atoms with Crippen molar-refractivity contribution in [2.24, 2.45) is 0 Å². The van der Waals surface area contributed by atoms with Crippen molar-refractivity contribution in [1.29, 1.82) is 0 Å². The summed E-state index contributed by atoms with van der Waals surface area (Å²) in [7, 11) is 1.74. The smallest absolute Gasteiger partial charge is 0.273 e. The van der Waals surface area contributed by atoms with Gasteiger partial charge in [-0.05, 0) is 19.8 Å². The van der Waals surface area contributed by atoms with Crippen LogP contribution < -0.4 is 5.32 Å². The molecule has 2 aromatic rings. The maximum absolute atomic E-state index is 13.0. The van der Waals surface area contributed by atoms with Crippen LogP contribution in [0.4, 0.5) is 5.95 Å². The molecule has 0 atom stereocenters. The van der Waals surface area contributed by atoms with Crippen molar-refractivity contribution in [3.63, 3.8) is 0 Å². The lowest BCUT2D eigenvalue weighted by molar-refractivity contribution is -0.131. The highest BCUT2D eigenvalue weighted by atomic mass is 16.5. The number of amides is 2. The molecule has 9 nitrogen and oxygen atoms in total. The molecule has 2 aliphatic heterocycles. The monoisotopic (exact) mass is 384 g/mol. The fourth-order valence-electron chi connectivity index (χ4n) is 3.75. The van der Waals surface area contributed by atoms with Gasteiger partial charge < -0.3 is 19.6 Å². The molecule has 1 fully saturated rings. The lowest BCUT2D eigenvalue weighted by Gasteiger charge is -2.30. The molecular weight excluding hydrogens is 360 g/mol. The summed E-state index contributed by atoms with van der Waals surface area (Å²) in [5, 5.41) is 6.77. The Bertz CT molecular complexity index is 903. The van der Waals surface area contributed by atoms with Gasteiger partial charge in [-0.15, -0.1) is 0 Å². The van der Waals surface area contributed by atoms with Crippen LogP contribution in [0.1, 0.15) is 46.0 Å². The number of hydrogen-bond donors (Lipinski definition) is 1. The summed E-state index contributed by atoms with van der Waals surface area (Å²) in [6.45, 7) is 4.21. The van der Waals surface area contributed by atoms with Crippen LogP contribution >= 0.6 is 0 Å². The summed E-state index contributed by atoms with van der Waals surface area (Å²) < 4.78 is 5.16. The van der Waals surface area contributed by atoms with E-state index in [1.807, 2.05) is 11.8 Å². The van der Waals surface area contributed by atoms with E-state index in [1.165, 1.54) is 0 Å². The highest BCUT2D eigenvalue weighted by Crippen LogP contribution is 2.24. The second-order valence-electron chi connectivity index (χ2n) is 7.25. The molecule has 0 aromatic carbocycles. The molecule has 4 heterocycles. The largest absolute Gasteiger partial charge is 0.361 e. The molecule has 28 heavy (non-hydrogen) atoms. The van der Waals surface area contributed by atoms with Crippen molar-refractivity contribution in [2.45, 2.75) is 39.2 Å². The molecule has 0 aliphatic carbocycles. The van der Waals surface area contributed by atoms with Gasteiger partial charge in [0.1, 0.15) is 11.5 Å². The molecule has 0 spiro atoms. The van der Waals surface area contributed by atoms with Crippen molar-refractivity contribution < 1.29 is 14.1 Å². The van der Waals surface area contributed by atoms with Crippen LogP contribution in [-0.2, 0) is 24.2 Å². The van der Waals surface area contributed by atoms with Crippen molar-refractivity contribution in [1.82, 2.24) is 24.9 Å². The number of likely N-dealkylation sites (tertiary alicyclic amines) is 1. The molecule has 0 radical (unpaired) electrons. The Kier molecular flexibility index (Phi) is 4.97. The number of carbonyl (C=O) groups is 2. The first-order valence-corrected chi connectivity index (χ1v) is 9.62. The van der Waals surface area contributed by atoms with Gasteiger partial charge in [-0.2, -0.15) is 0 Å². The Morgan fingerprint density at radius 2 is 1.96 bits per heavy atom. The molecule has 4 rings (SSSR count). The molecule has 0 bridgehead atoms. The number of nitrogens with zero attached hydrogens (tertiary/aromatic N) is 5. The van der Waals surface area contributed by atoms with Crippen LogP contribution in [0.3, 0.4) is 0 Å². The average molecular weight is 384 g/mol. The molecular formula is C19H24N6O3. The third-order valence-electron chi connectivity index (χ3n) is 5.23. The summed E-state index contributed by atoms with van der Waals surface area (Å²) in [4.78, 5) is 38.3. The van der Waals surface area contributed by atoms with E-state index in [9.17, 15) is 9.59 Å². The van der Waals surface area contributed by atoms with Crippen molar-refractivity contribution in [2.75, 3.05) is 32.0 Å². The Balaban J connectivity index is 1.59. The summed E-state index contributed by atoms with van der Waals surface area (Å²) in [6.07, 6.45) is 2.77. The average Bonchev–Trinajstić information content (AvgIpc) is 3.38. The van der Waals surface area contributed by atoms with Crippen molar-refractivity contribution >= 4 is 17.8 Å². The normalized spacial score (nSPS) is 16.2. The number of aromatic nitrogens is 3. The molecule has 1 N–H and O–H groups in total. The minimum absolute atomic E-state index is 0.0564. The van der Waals surface area contributed by atoms with Crippen LogP contribution in [0.25, 0.3) is 0 Å². The van der Waals surface area contributed by atoms with Gasteiger partial charge >= 0.3 is 0 Å². The SMILES string of the molecule is CNc1nc2c(c(C(=O)N3CCCC3)n1)CN(C(=O)Cc1cc(C)no1)CC2. The predicted molar refractivity (Wildman–Crippen MR) is 101 cm³/mol. The first-order valence-electron chi connectivity index (χ1n) is 9.62. The lowest BCUT2D eigenvalue weighted by atomic mass is 10.0. The number of nitrogens with one attached hydrogen (secondary N) is 1. The highest BCUT2D eigenvalue weighted by Gasteiger charge is 2.31. The van der Waals surface area contributed by atoms with Crippen LogP contribution in [-0.4, -0.2) is 63.4 Å². The number of rotatable bonds is 4. The quantitative estimate of drug-likeness (QED) is 0.844. The van der Waals surface area contributed by atoms with Gasteiger partial charge in [-0.3, -0.25) is 9.59 Å². The Hall–Kier alpha value is -2.97. The van der Waals surface area contributed by atoms with Gasteiger partial charge in [0.05, 0.1) is 17.8 Å². The fourth-order valence-corrected chi connectivity index (χ4v) is 3.75. The maximum atomic E-state index is 13.0. The first-order chi connectivity index (χ1) is 13.5. The van der Waals surface area contributed by atoms with Gasteiger partial charge in [0.25, 0.3) is 5.91 Å². The molecule has 2 aromatic heterocycles. The second kappa shape index (κ2) is 7.57. The third-order valence-corrected chi connectivity index (χ3v) is 5.23. The molecule has 148 valence electrons. The van der Waals surface area contributed by atoms with E-state index in [-0.39, 0.29) is 18.2 Å². The molecule has 2 aliphatic rings. The van der Waals surface area contributed by atoms with E-state index in [4.69, 9.17) is 4.52 Å². The summed E-state index contributed by atoms with van der Waals surface area (Å²) in [6, 6.07) is 1.76. The second-order valence-corrected chi connectivity index (χ2v) is 7.25. The van der Waals surface area contributed by atoms with E-state index in [0.717, 1.165) is 42.9 Å². The van der Waals surface area contributed by atoms with Gasteiger partial charge in [0.2, 0.25) is 11.9 Å². The number of carbonyl (C=O) groups excluding carboxylic acids is 2. The predicted octanol–water partition coefficient (Wildman–Crippen LogP) is 1.18. The number of hydrogen-bond acceptors (Lipinski definition) is 7. The molecule has 9 heteroatoms. The van der Waals surface area contributed by atoms with E-state index in [1.54, 1.807) is 18.0 Å². The highest BCUT2D eigenvalue weighted by molar-refractivity contribution is 5.94. The number of anilines is 1. The number of aryl methyl sites for hydroxylation is 1. The fraction of sp³-hybridized carbons (Fsp3) is 0.526. The third kappa shape index (κ3) is 3.56. The van der Waals surface area contributed by atoms with Gasteiger partial charge in [-0.25, -0.2) is 9.97 Å². The Morgan fingerprint density at radius 3 is 2.64 bits per heavy atom. The zero-order chi connectivity index (χ0) is 19.7. The minimum Gasteiger partial charge on any atom is -0.361 e. The lowest BCUT2D eigenvalue weighted by Crippen LogP contribution is -2.39. The molecule has 0 saturated carbocycles. The van der Waals surface area contributed by atoms with Crippen LogP contribution in [0.5, 0.6) is 0 Å². The van der Waals surface area contributed by atoms with Crippen LogP contribution in [0.15, 0.2) is 10.6 Å². The molecule has 2 amide bonds. The molecule has 1 saturated heterocycles. The van der Waals surface area contributed by atoms with Crippen molar-refractivity contribution in [3.8, 4) is 0 Å². The van der Waals surface area contributed by atoms with Gasteiger partial charge in [-0.1, -0.05) is 5.16 Å². The topological polar surface area (TPSA) is 104 Å². The van der Waals surface area contributed by atoms with E-state index in [0.29, 0.717) is 36.9 Å². The van der Waals surface area contributed by atoms with Crippen LogP contribution in [0.2, 0.25) is 0 Å². The standard InChI is InChI=1S/C19H24N6O3/c1-12-9-13(28-23-12)10-16(26)25-8-5-15-14(11-25)17(22-19(20-2)21-15)18(27)24-6-3-4-7-24/h9H,3-8,10-11H2,1-2H3,(H,20,21,22). The zero-order valence-electron chi connectivity index (χ0n) is 16.2. The summed E-state index contributed by atoms with van der Waals surface area (Å²) in [5.74, 6) is 0.855. The first kappa shape index (κ1) is 18.4. The summed E-state index contributed by atoms with van der Waals surface area (Å²) in [5.41, 5.74) is 2.74. The van der Waals surface area contributed by atoms with E-state index < -0.39 is 0 Å².